The number of nitrogen functional groups attached to an aromatic ring is 1. The van der Waals surface area contributed by atoms with E-state index in [-0.39, 0.29) is 17.5 Å². The zero-order chi connectivity index (χ0) is 14.4. The molecule has 0 bridgehead atoms. The SMILES string of the molecule is C=C(C)COCCNC(=O)c1n[nH]c(C(C)C)c1N. The fourth-order valence-corrected chi connectivity index (χ4v) is 1.54. The first-order valence-electron chi connectivity index (χ1n) is 6.27. The van der Waals surface area contributed by atoms with E-state index in [0.717, 1.165) is 11.3 Å². The van der Waals surface area contributed by atoms with E-state index in [2.05, 4.69) is 22.1 Å². The molecule has 1 heterocycles. The molecule has 0 unspecified atom stereocenters. The number of anilines is 1. The minimum absolute atomic E-state index is 0.202. The number of hydrogen-bond donors (Lipinski definition) is 3. The van der Waals surface area contributed by atoms with Gasteiger partial charge < -0.3 is 15.8 Å². The quantitative estimate of drug-likeness (QED) is 0.514. The Hall–Kier alpha value is -1.82. The highest BCUT2D eigenvalue weighted by molar-refractivity contribution is 5.97. The van der Waals surface area contributed by atoms with E-state index in [4.69, 9.17) is 10.5 Å². The molecule has 0 saturated carbocycles. The number of carbonyl (C=O) groups is 1. The van der Waals surface area contributed by atoms with Crippen LogP contribution in [0, 0.1) is 0 Å². The predicted octanol–water partition coefficient (Wildman–Crippen LogP) is 1.44. The van der Waals surface area contributed by atoms with Gasteiger partial charge in [0, 0.05) is 6.54 Å². The smallest absolute Gasteiger partial charge is 0.274 e. The molecule has 6 nitrogen and oxygen atoms in total. The molecular formula is C13H22N4O2. The van der Waals surface area contributed by atoms with Crippen LogP contribution in [-0.2, 0) is 4.74 Å². The van der Waals surface area contributed by atoms with E-state index in [9.17, 15) is 4.79 Å². The first-order chi connectivity index (χ1) is 8.93. The molecule has 1 rings (SSSR count). The number of H-pyrrole nitrogens is 1. The summed E-state index contributed by atoms with van der Waals surface area (Å²) in [5.41, 5.74) is 8.26. The molecule has 6 heteroatoms. The summed E-state index contributed by atoms with van der Waals surface area (Å²) in [5.74, 6) is -0.0903. The van der Waals surface area contributed by atoms with Gasteiger partial charge in [0.05, 0.1) is 24.6 Å². The molecular weight excluding hydrogens is 244 g/mol. The van der Waals surface area contributed by atoms with Gasteiger partial charge in [-0.3, -0.25) is 9.89 Å². The summed E-state index contributed by atoms with van der Waals surface area (Å²) in [5, 5.41) is 9.45. The number of ether oxygens (including phenoxy) is 1. The summed E-state index contributed by atoms with van der Waals surface area (Å²) in [7, 11) is 0. The van der Waals surface area contributed by atoms with Gasteiger partial charge in [-0.15, -0.1) is 0 Å². The molecule has 1 aromatic rings. The van der Waals surface area contributed by atoms with Gasteiger partial charge in [-0.1, -0.05) is 26.0 Å². The molecule has 1 amide bonds. The third-order valence-corrected chi connectivity index (χ3v) is 2.51. The van der Waals surface area contributed by atoms with Gasteiger partial charge in [-0.05, 0) is 12.8 Å². The number of nitrogens with zero attached hydrogens (tertiary/aromatic N) is 1. The highest BCUT2D eigenvalue weighted by atomic mass is 16.5. The maximum Gasteiger partial charge on any atom is 0.274 e. The summed E-state index contributed by atoms with van der Waals surface area (Å²) < 4.78 is 5.28. The monoisotopic (exact) mass is 266 g/mol. The summed E-state index contributed by atoms with van der Waals surface area (Å²) in [6.45, 7) is 10.9. The number of nitrogens with one attached hydrogen (secondary N) is 2. The minimum atomic E-state index is -0.292. The number of amides is 1. The molecule has 4 N–H and O–H groups in total. The van der Waals surface area contributed by atoms with Crippen molar-refractivity contribution in [2.24, 2.45) is 0 Å². The zero-order valence-corrected chi connectivity index (χ0v) is 11.7. The van der Waals surface area contributed by atoms with Crippen LogP contribution in [0.3, 0.4) is 0 Å². The molecule has 0 aromatic carbocycles. The van der Waals surface area contributed by atoms with Crippen LogP contribution in [-0.4, -0.2) is 35.9 Å². The molecule has 1 aromatic heterocycles. The Bertz CT molecular complexity index is 451. The molecule has 0 radical (unpaired) electrons. The van der Waals surface area contributed by atoms with Gasteiger partial charge in [0.2, 0.25) is 0 Å². The molecule has 0 aliphatic rings. The van der Waals surface area contributed by atoms with Gasteiger partial charge in [0.1, 0.15) is 0 Å². The van der Waals surface area contributed by atoms with E-state index < -0.39 is 0 Å². The van der Waals surface area contributed by atoms with Crippen LogP contribution in [0.5, 0.6) is 0 Å². The molecule has 106 valence electrons. The molecule has 0 saturated heterocycles. The van der Waals surface area contributed by atoms with Gasteiger partial charge in [-0.25, -0.2) is 0 Å². The second-order valence-electron chi connectivity index (χ2n) is 4.82. The topological polar surface area (TPSA) is 93.0 Å². The summed E-state index contributed by atoms with van der Waals surface area (Å²) >= 11 is 0. The first kappa shape index (κ1) is 15.2. The lowest BCUT2D eigenvalue weighted by Crippen LogP contribution is -2.28. The van der Waals surface area contributed by atoms with Crippen LogP contribution >= 0.6 is 0 Å². The summed E-state index contributed by atoms with van der Waals surface area (Å²) in [6.07, 6.45) is 0. The fraction of sp³-hybridized carbons (Fsp3) is 0.538. The Morgan fingerprint density at radius 1 is 1.58 bits per heavy atom. The maximum atomic E-state index is 11.9. The number of aromatic amines is 1. The average molecular weight is 266 g/mol. The normalized spacial score (nSPS) is 10.7. The molecule has 0 aliphatic carbocycles. The van der Waals surface area contributed by atoms with Crippen LogP contribution in [0.1, 0.15) is 42.9 Å². The van der Waals surface area contributed by atoms with Crippen LogP contribution in [0.4, 0.5) is 5.69 Å². The number of nitrogens with two attached hydrogens (primary N) is 1. The van der Waals surface area contributed by atoms with Gasteiger partial charge in [0.15, 0.2) is 5.69 Å². The standard InChI is InChI=1S/C13H22N4O2/c1-8(2)7-19-6-5-15-13(18)12-10(14)11(9(3)4)16-17-12/h9H,1,5-7,14H2,2-4H3,(H,15,18)(H,16,17). The van der Waals surface area contributed by atoms with Gasteiger partial charge >= 0.3 is 0 Å². The van der Waals surface area contributed by atoms with Crippen molar-refractivity contribution < 1.29 is 9.53 Å². The molecule has 0 spiro atoms. The molecule has 0 atom stereocenters. The molecule has 0 aliphatic heterocycles. The van der Waals surface area contributed by atoms with Crippen LogP contribution in [0.2, 0.25) is 0 Å². The number of aromatic nitrogens is 2. The highest BCUT2D eigenvalue weighted by Gasteiger charge is 2.18. The Balaban J connectivity index is 2.44. The first-order valence-corrected chi connectivity index (χ1v) is 6.27. The van der Waals surface area contributed by atoms with Crippen LogP contribution in [0.15, 0.2) is 12.2 Å². The van der Waals surface area contributed by atoms with Crippen molar-refractivity contribution in [3.8, 4) is 0 Å². The van der Waals surface area contributed by atoms with Crippen molar-refractivity contribution in [3.05, 3.63) is 23.5 Å². The van der Waals surface area contributed by atoms with Crippen LogP contribution in [0.25, 0.3) is 0 Å². The molecule has 0 fully saturated rings. The number of rotatable bonds is 7. The van der Waals surface area contributed by atoms with Gasteiger partial charge in [0.25, 0.3) is 5.91 Å². The lowest BCUT2D eigenvalue weighted by atomic mass is 10.1. The fourth-order valence-electron chi connectivity index (χ4n) is 1.54. The second kappa shape index (κ2) is 6.94. The summed E-state index contributed by atoms with van der Waals surface area (Å²) in [4.78, 5) is 11.9. The Morgan fingerprint density at radius 2 is 2.26 bits per heavy atom. The van der Waals surface area contributed by atoms with Crippen molar-refractivity contribution in [1.82, 2.24) is 15.5 Å². The Morgan fingerprint density at radius 3 is 2.79 bits per heavy atom. The van der Waals surface area contributed by atoms with Crippen molar-refractivity contribution in [2.45, 2.75) is 26.7 Å². The van der Waals surface area contributed by atoms with Crippen molar-refractivity contribution in [2.75, 3.05) is 25.5 Å². The van der Waals surface area contributed by atoms with E-state index in [0.29, 0.717) is 25.4 Å². The van der Waals surface area contributed by atoms with Crippen molar-refractivity contribution in [1.29, 1.82) is 0 Å². The minimum Gasteiger partial charge on any atom is -0.395 e. The number of carbonyl (C=O) groups excluding carboxylic acids is 1. The second-order valence-corrected chi connectivity index (χ2v) is 4.82. The molecule has 19 heavy (non-hydrogen) atoms. The lowest BCUT2D eigenvalue weighted by Gasteiger charge is -2.06. The van der Waals surface area contributed by atoms with E-state index in [1.165, 1.54) is 0 Å². The van der Waals surface area contributed by atoms with E-state index >= 15 is 0 Å². The highest BCUT2D eigenvalue weighted by Crippen LogP contribution is 2.21. The van der Waals surface area contributed by atoms with Gasteiger partial charge in [-0.2, -0.15) is 5.10 Å². The Kier molecular flexibility index (Phi) is 5.57. The maximum absolute atomic E-state index is 11.9. The van der Waals surface area contributed by atoms with Crippen molar-refractivity contribution in [3.63, 3.8) is 0 Å². The third-order valence-electron chi connectivity index (χ3n) is 2.51. The van der Waals surface area contributed by atoms with Crippen LogP contribution < -0.4 is 11.1 Å². The largest absolute Gasteiger partial charge is 0.395 e. The van der Waals surface area contributed by atoms with E-state index in [1.807, 2.05) is 20.8 Å². The Labute approximate surface area is 113 Å². The third kappa shape index (κ3) is 4.40. The van der Waals surface area contributed by atoms with Crippen molar-refractivity contribution >= 4 is 11.6 Å². The summed E-state index contributed by atoms with van der Waals surface area (Å²) in [6, 6.07) is 0. The average Bonchev–Trinajstić information content (AvgIpc) is 2.70. The number of hydrogen-bond acceptors (Lipinski definition) is 4. The van der Waals surface area contributed by atoms with E-state index in [1.54, 1.807) is 0 Å². The predicted molar refractivity (Wildman–Crippen MR) is 75.1 cm³/mol. The zero-order valence-electron chi connectivity index (χ0n) is 11.7. The lowest BCUT2D eigenvalue weighted by molar-refractivity contribution is 0.0922.